The normalized spacial score (nSPS) is 31.4. The summed E-state index contributed by atoms with van der Waals surface area (Å²) in [5.41, 5.74) is 3.05. The van der Waals surface area contributed by atoms with E-state index in [4.69, 9.17) is 0 Å². The third-order valence-electron chi connectivity index (χ3n) is 6.88. The van der Waals surface area contributed by atoms with Crippen LogP contribution in [-0.4, -0.2) is 6.04 Å². The zero-order valence-electron chi connectivity index (χ0n) is 14.6. The summed E-state index contributed by atoms with van der Waals surface area (Å²) in [5, 5.41) is 3.88. The fraction of sp³-hybridized carbons (Fsp3) is 0.727. The second kappa shape index (κ2) is 7.38. The van der Waals surface area contributed by atoms with Gasteiger partial charge in [-0.25, -0.2) is 0 Å². The summed E-state index contributed by atoms with van der Waals surface area (Å²) in [7, 11) is 0. The average Bonchev–Trinajstić information content (AvgIpc) is 2.57. The van der Waals surface area contributed by atoms with Crippen LogP contribution in [0.4, 0.5) is 0 Å². The monoisotopic (exact) mass is 311 g/mol. The zero-order valence-corrected chi connectivity index (χ0v) is 14.6. The van der Waals surface area contributed by atoms with Crippen LogP contribution >= 0.6 is 0 Å². The highest BCUT2D eigenvalue weighted by atomic mass is 14.9. The molecular weight excluding hydrogens is 278 g/mol. The molecule has 3 atom stereocenters. The van der Waals surface area contributed by atoms with Gasteiger partial charge in [-0.15, -0.1) is 0 Å². The van der Waals surface area contributed by atoms with Gasteiger partial charge in [-0.3, -0.25) is 0 Å². The van der Waals surface area contributed by atoms with Gasteiger partial charge in [-0.1, -0.05) is 69.2 Å². The van der Waals surface area contributed by atoms with E-state index in [1.165, 1.54) is 76.2 Å². The first kappa shape index (κ1) is 15.7. The number of fused-ring (bicyclic) bond motifs is 1. The molecular formula is C22H33N. The van der Waals surface area contributed by atoms with Crippen molar-refractivity contribution in [3.05, 3.63) is 35.4 Å². The Bertz CT molecular complexity index is 504. The molecule has 1 aromatic carbocycles. The molecule has 1 nitrogen and oxygen atoms in total. The molecule has 0 spiro atoms. The third kappa shape index (κ3) is 3.99. The molecule has 0 saturated heterocycles. The summed E-state index contributed by atoms with van der Waals surface area (Å²) in [6, 6.07) is 10.1. The molecule has 1 N–H and O–H groups in total. The molecule has 0 bridgehead atoms. The highest BCUT2D eigenvalue weighted by molar-refractivity contribution is 5.24. The van der Waals surface area contributed by atoms with Crippen LogP contribution in [0.15, 0.2) is 24.3 Å². The van der Waals surface area contributed by atoms with E-state index in [0.717, 1.165) is 30.3 Å². The number of hydrogen-bond acceptors (Lipinski definition) is 1. The first-order chi connectivity index (χ1) is 11.4. The molecule has 3 fully saturated rings. The van der Waals surface area contributed by atoms with E-state index in [0.29, 0.717) is 0 Å². The lowest BCUT2D eigenvalue weighted by atomic mass is 9.69. The molecule has 0 aliphatic heterocycles. The average molecular weight is 312 g/mol. The molecule has 126 valence electrons. The van der Waals surface area contributed by atoms with Gasteiger partial charge in [-0.05, 0) is 54.6 Å². The minimum absolute atomic E-state index is 0.768. The Morgan fingerprint density at radius 1 is 0.826 bits per heavy atom. The number of benzene rings is 1. The summed E-state index contributed by atoms with van der Waals surface area (Å²) in [6.45, 7) is 1.07. The maximum atomic E-state index is 3.88. The summed E-state index contributed by atoms with van der Waals surface area (Å²) >= 11 is 0. The van der Waals surface area contributed by atoms with Gasteiger partial charge in [0.15, 0.2) is 0 Å². The van der Waals surface area contributed by atoms with Crippen molar-refractivity contribution in [1.82, 2.24) is 5.32 Å². The Morgan fingerprint density at radius 3 is 2.48 bits per heavy atom. The lowest BCUT2D eigenvalue weighted by molar-refractivity contribution is 0.143. The van der Waals surface area contributed by atoms with Crippen LogP contribution < -0.4 is 5.32 Å². The smallest absolute Gasteiger partial charge is 0.0208 e. The Hall–Kier alpha value is -0.820. The van der Waals surface area contributed by atoms with Crippen molar-refractivity contribution in [3.8, 4) is 0 Å². The van der Waals surface area contributed by atoms with Crippen molar-refractivity contribution in [2.75, 3.05) is 0 Å². The molecule has 0 radical (unpaired) electrons. The summed E-state index contributed by atoms with van der Waals surface area (Å²) < 4.78 is 0. The van der Waals surface area contributed by atoms with Crippen LogP contribution in [0.1, 0.15) is 75.3 Å². The summed E-state index contributed by atoms with van der Waals surface area (Å²) in [6.07, 6.45) is 16.0. The van der Waals surface area contributed by atoms with Gasteiger partial charge in [0, 0.05) is 12.6 Å². The molecule has 4 rings (SSSR count). The molecule has 1 aromatic rings. The number of rotatable bonds is 5. The van der Waals surface area contributed by atoms with E-state index >= 15 is 0 Å². The van der Waals surface area contributed by atoms with E-state index in [2.05, 4.69) is 29.6 Å². The second-order valence-corrected chi connectivity index (χ2v) is 8.52. The van der Waals surface area contributed by atoms with Crippen LogP contribution in [0.25, 0.3) is 0 Å². The van der Waals surface area contributed by atoms with Crippen molar-refractivity contribution in [1.29, 1.82) is 0 Å². The predicted octanol–water partition coefficient (Wildman–Crippen LogP) is 5.48. The van der Waals surface area contributed by atoms with Crippen molar-refractivity contribution in [2.45, 2.75) is 83.2 Å². The lowest BCUT2D eigenvalue weighted by Gasteiger charge is -2.39. The van der Waals surface area contributed by atoms with Gasteiger partial charge in [0.25, 0.3) is 0 Å². The van der Waals surface area contributed by atoms with E-state index in [-0.39, 0.29) is 0 Å². The Labute approximate surface area is 142 Å². The van der Waals surface area contributed by atoms with Gasteiger partial charge in [0.05, 0.1) is 0 Å². The molecule has 23 heavy (non-hydrogen) atoms. The summed E-state index contributed by atoms with van der Waals surface area (Å²) in [5.74, 6) is 3.06. The lowest BCUT2D eigenvalue weighted by Crippen LogP contribution is -2.38. The van der Waals surface area contributed by atoms with Crippen LogP contribution in [0.2, 0.25) is 0 Å². The van der Waals surface area contributed by atoms with E-state index in [1.807, 2.05) is 0 Å². The van der Waals surface area contributed by atoms with Crippen molar-refractivity contribution in [3.63, 3.8) is 0 Å². The Kier molecular flexibility index (Phi) is 5.04. The van der Waals surface area contributed by atoms with E-state index in [9.17, 15) is 0 Å². The molecule has 3 aliphatic carbocycles. The molecule has 0 aromatic heterocycles. The molecule has 3 aliphatic rings. The molecule has 3 saturated carbocycles. The summed E-state index contributed by atoms with van der Waals surface area (Å²) in [4.78, 5) is 0. The predicted molar refractivity (Wildman–Crippen MR) is 97.4 cm³/mol. The van der Waals surface area contributed by atoms with Crippen molar-refractivity contribution < 1.29 is 0 Å². The first-order valence-electron chi connectivity index (χ1n) is 10.2. The Balaban J connectivity index is 1.27. The molecule has 1 heteroatoms. The van der Waals surface area contributed by atoms with Crippen molar-refractivity contribution in [2.24, 2.45) is 17.8 Å². The van der Waals surface area contributed by atoms with Gasteiger partial charge in [0.2, 0.25) is 0 Å². The van der Waals surface area contributed by atoms with Crippen LogP contribution in [-0.2, 0) is 13.0 Å². The standard InChI is InChI=1S/C22H33N/c1-2-10-21-15-22(12-11-20(21)9-1)23-16-19-8-4-7-18(14-19)13-17-5-3-6-17/h4,7-8,14,17,20-23H,1-3,5-6,9-13,15-16H2. The number of nitrogens with one attached hydrogen (secondary N) is 1. The van der Waals surface area contributed by atoms with Gasteiger partial charge in [0.1, 0.15) is 0 Å². The minimum atomic E-state index is 0.768. The zero-order chi connectivity index (χ0) is 15.5. The van der Waals surface area contributed by atoms with Gasteiger partial charge >= 0.3 is 0 Å². The highest BCUT2D eigenvalue weighted by Crippen LogP contribution is 2.40. The quantitative estimate of drug-likeness (QED) is 0.759. The minimum Gasteiger partial charge on any atom is -0.310 e. The molecule has 3 unspecified atom stereocenters. The number of hydrogen-bond donors (Lipinski definition) is 1. The largest absolute Gasteiger partial charge is 0.310 e. The van der Waals surface area contributed by atoms with Crippen LogP contribution in [0, 0.1) is 17.8 Å². The second-order valence-electron chi connectivity index (χ2n) is 8.52. The highest BCUT2D eigenvalue weighted by Gasteiger charge is 2.31. The fourth-order valence-corrected chi connectivity index (χ4v) is 5.22. The van der Waals surface area contributed by atoms with Crippen molar-refractivity contribution >= 4 is 0 Å². The molecule has 0 heterocycles. The Morgan fingerprint density at radius 2 is 1.65 bits per heavy atom. The van der Waals surface area contributed by atoms with Gasteiger partial charge < -0.3 is 5.32 Å². The maximum absolute atomic E-state index is 3.88. The maximum Gasteiger partial charge on any atom is 0.0208 e. The van der Waals surface area contributed by atoms with Crippen LogP contribution in [0.3, 0.4) is 0 Å². The SMILES string of the molecule is c1cc(CNC2CCC3CCCCC3C2)cc(CC2CCC2)c1. The van der Waals surface area contributed by atoms with E-state index < -0.39 is 0 Å². The topological polar surface area (TPSA) is 12.0 Å². The third-order valence-corrected chi connectivity index (χ3v) is 6.88. The van der Waals surface area contributed by atoms with Crippen LogP contribution in [0.5, 0.6) is 0 Å². The van der Waals surface area contributed by atoms with Gasteiger partial charge in [-0.2, -0.15) is 0 Å². The molecule has 0 amide bonds. The first-order valence-corrected chi connectivity index (χ1v) is 10.2. The fourth-order valence-electron chi connectivity index (χ4n) is 5.22. The van der Waals surface area contributed by atoms with E-state index in [1.54, 1.807) is 5.56 Å².